The topological polar surface area (TPSA) is 90.9 Å². The van der Waals surface area contributed by atoms with Crippen LogP contribution in [0.25, 0.3) is 0 Å². The van der Waals surface area contributed by atoms with E-state index in [9.17, 15) is 13.2 Å². The standard InChI is InChI=1S/C20H25NO6S/c1-5-27-20(22)13-17(15-8-6-14(2)7-9-15)21-28(23,24)16-10-11-18(25-3)19(12-16)26-4/h6-12,17,21H,5,13H2,1-4H3/t17-/m1/s1. The van der Waals surface area contributed by atoms with Crippen molar-refractivity contribution in [3.63, 3.8) is 0 Å². The van der Waals surface area contributed by atoms with Gasteiger partial charge in [-0.15, -0.1) is 0 Å². The second-order valence-electron chi connectivity index (χ2n) is 6.11. The largest absolute Gasteiger partial charge is 0.493 e. The number of methoxy groups -OCH3 is 2. The Morgan fingerprint density at radius 1 is 1.04 bits per heavy atom. The van der Waals surface area contributed by atoms with Crippen LogP contribution in [0.3, 0.4) is 0 Å². The van der Waals surface area contributed by atoms with E-state index in [1.54, 1.807) is 19.1 Å². The molecule has 1 atom stereocenters. The van der Waals surface area contributed by atoms with Crippen LogP contribution in [0.2, 0.25) is 0 Å². The minimum atomic E-state index is -3.93. The predicted octanol–water partition coefficient (Wildman–Crippen LogP) is 2.99. The number of rotatable bonds is 9. The molecule has 0 unspecified atom stereocenters. The fraction of sp³-hybridized carbons (Fsp3) is 0.350. The van der Waals surface area contributed by atoms with Crippen molar-refractivity contribution in [3.05, 3.63) is 53.6 Å². The summed E-state index contributed by atoms with van der Waals surface area (Å²) in [7, 11) is -1.03. The molecule has 0 fully saturated rings. The normalized spacial score (nSPS) is 12.3. The van der Waals surface area contributed by atoms with E-state index in [0.29, 0.717) is 17.1 Å². The molecule has 28 heavy (non-hydrogen) atoms. The van der Waals surface area contributed by atoms with Gasteiger partial charge in [-0.3, -0.25) is 4.79 Å². The lowest BCUT2D eigenvalue weighted by Gasteiger charge is -2.19. The van der Waals surface area contributed by atoms with Gasteiger partial charge in [0.15, 0.2) is 11.5 Å². The van der Waals surface area contributed by atoms with Crippen LogP contribution < -0.4 is 14.2 Å². The van der Waals surface area contributed by atoms with E-state index in [1.165, 1.54) is 32.4 Å². The fourth-order valence-electron chi connectivity index (χ4n) is 2.65. The Labute approximate surface area is 165 Å². The lowest BCUT2D eigenvalue weighted by Crippen LogP contribution is -2.30. The second-order valence-corrected chi connectivity index (χ2v) is 7.82. The average molecular weight is 407 g/mol. The summed E-state index contributed by atoms with van der Waals surface area (Å²) < 4.78 is 43.8. The summed E-state index contributed by atoms with van der Waals surface area (Å²) in [5.41, 5.74) is 1.70. The van der Waals surface area contributed by atoms with E-state index < -0.39 is 22.0 Å². The maximum atomic E-state index is 12.9. The Balaban J connectivity index is 2.35. The zero-order valence-electron chi connectivity index (χ0n) is 16.4. The smallest absolute Gasteiger partial charge is 0.307 e. The van der Waals surface area contributed by atoms with E-state index >= 15 is 0 Å². The summed E-state index contributed by atoms with van der Waals surface area (Å²) in [6.45, 7) is 3.85. The summed E-state index contributed by atoms with van der Waals surface area (Å²) in [5.74, 6) is 0.230. The summed E-state index contributed by atoms with van der Waals surface area (Å²) in [5, 5.41) is 0. The SMILES string of the molecule is CCOC(=O)C[C@@H](NS(=O)(=O)c1ccc(OC)c(OC)c1)c1ccc(C)cc1. The monoisotopic (exact) mass is 407 g/mol. The molecule has 0 saturated carbocycles. The number of carbonyl (C=O) groups is 1. The first-order chi connectivity index (χ1) is 13.3. The molecular weight excluding hydrogens is 382 g/mol. The van der Waals surface area contributed by atoms with E-state index in [0.717, 1.165) is 5.56 Å². The number of hydrogen-bond acceptors (Lipinski definition) is 6. The Morgan fingerprint density at radius 3 is 2.25 bits per heavy atom. The molecule has 0 spiro atoms. The summed E-state index contributed by atoms with van der Waals surface area (Å²) in [6.07, 6.45) is -0.122. The van der Waals surface area contributed by atoms with Crippen molar-refractivity contribution in [2.45, 2.75) is 31.2 Å². The lowest BCUT2D eigenvalue weighted by atomic mass is 10.0. The third-order valence-electron chi connectivity index (χ3n) is 4.12. The molecular formula is C20H25NO6S. The van der Waals surface area contributed by atoms with Gasteiger partial charge in [0, 0.05) is 6.07 Å². The molecule has 0 aromatic heterocycles. The molecule has 0 amide bonds. The van der Waals surface area contributed by atoms with Gasteiger partial charge in [0.25, 0.3) is 0 Å². The molecule has 1 N–H and O–H groups in total. The number of hydrogen-bond donors (Lipinski definition) is 1. The average Bonchev–Trinajstić information content (AvgIpc) is 2.67. The molecule has 8 heteroatoms. The van der Waals surface area contributed by atoms with Gasteiger partial charge < -0.3 is 14.2 Å². The minimum Gasteiger partial charge on any atom is -0.493 e. The van der Waals surface area contributed by atoms with Crippen molar-refractivity contribution in [2.75, 3.05) is 20.8 Å². The molecule has 0 saturated heterocycles. The molecule has 0 heterocycles. The maximum absolute atomic E-state index is 12.9. The van der Waals surface area contributed by atoms with Crippen LogP contribution in [0.4, 0.5) is 0 Å². The van der Waals surface area contributed by atoms with Gasteiger partial charge in [0.1, 0.15) is 0 Å². The number of aryl methyl sites for hydroxylation is 1. The van der Waals surface area contributed by atoms with Gasteiger partial charge in [-0.25, -0.2) is 13.1 Å². The second kappa shape index (κ2) is 9.57. The zero-order chi connectivity index (χ0) is 20.7. The highest BCUT2D eigenvalue weighted by molar-refractivity contribution is 7.89. The predicted molar refractivity (Wildman–Crippen MR) is 105 cm³/mol. The van der Waals surface area contributed by atoms with Crippen molar-refractivity contribution in [1.82, 2.24) is 4.72 Å². The number of sulfonamides is 1. The summed E-state index contributed by atoms with van der Waals surface area (Å²) >= 11 is 0. The first-order valence-corrected chi connectivity index (χ1v) is 10.3. The van der Waals surface area contributed by atoms with Gasteiger partial charge >= 0.3 is 5.97 Å². The van der Waals surface area contributed by atoms with Crippen LogP contribution in [0.15, 0.2) is 47.4 Å². The van der Waals surface area contributed by atoms with Gasteiger partial charge in [-0.2, -0.15) is 0 Å². The highest BCUT2D eigenvalue weighted by Gasteiger charge is 2.25. The highest BCUT2D eigenvalue weighted by Crippen LogP contribution is 2.30. The van der Waals surface area contributed by atoms with Crippen LogP contribution in [-0.4, -0.2) is 35.2 Å². The van der Waals surface area contributed by atoms with Crippen molar-refractivity contribution in [3.8, 4) is 11.5 Å². The Morgan fingerprint density at radius 2 is 1.68 bits per heavy atom. The molecule has 0 radical (unpaired) electrons. The molecule has 152 valence electrons. The first kappa shape index (κ1) is 21.7. The molecule has 0 bridgehead atoms. The zero-order valence-corrected chi connectivity index (χ0v) is 17.2. The van der Waals surface area contributed by atoms with Gasteiger partial charge in [0.2, 0.25) is 10.0 Å². The van der Waals surface area contributed by atoms with Gasteiger partial charge in [-0.1, -0.05) is 29.8 Å². The van der Waals surface area contributed by atoms with Crippen molar-refractivity contribution in [2.24, 2.45) is 0 Å². The lowest BCUT2D eigenvalue weighted by molar-refractivity contribution is -0.143. The Hall–Kier alpha value is -2.58. The summed E-state index contributed by atoms with van der Waals surface area (Å²) in [4.78, 5) is 12.0. The van der Waals surface area contributed by atoms with Gasteiger partial charge in [-0.05, 0) is 31.5 Å². The molecule has 2 rings (SSSR count). The third-order valence-corrected chi connectivity index (χ3v) is 5.59. The van der Waals surface area contributed by atoms with Crippen LogP contribution in [0.1, 0.15) is 30.5 Å². The molecule has 2 aromatic rings. The number of nitrogens with one attached hydrogen (secondary N) is 1. The third kappa shape index (κ3) is 5.46. The van der Waals surface area contributed by atoms with E-state index in [2.05, 4.69) is 4.72 Å². The molecule has 7 nitrogen and oxygen atoms in total. The van der Waals surface area contributed by atoms with Crippen molar-refractivity contribution < 1.29 is 27.4 Å². The molecule has 2 aromatic carbocycles. The number of carbonyl (C=O) groups excluding carboxylic acids is 1. The quantitative estimate of drug-likeness (QED) is 0.643. The Bertz CT molecular complexity index is 909. The van der Waals surface area contributed by atoms with Crippen LogP contribution >= 0.6 is 0 Å². The van der Waals surface area contributed by atoms with E-state index in [4.69, 9.17) is 14.2 Å². The van der Waals surface area contributed by atoms with E-state index in [1.807, 2.05) is 19.1 Å². The molecule has 0 aliphatic rings. The summed E-state index contributed by atoms with van der Waals surface area (Å²) in [6, 6.07) is 10.8. The highest BCUT2D eigenvalue weighted by atomic mass is 32.2. The molecule has 0 aliphatic carbocycles. The first-order valence-electron chi connectivity index (χ1n) is 8.77. The van der Waals surface area contributed by atoms with Crippen LogP contribution in [-0.2, 0) is 19.6 Å². The van der Waals surface area contributed by atoms with Crippen molar-refractivity contribution in [1.29, 1.82) is 0 Å². The maximum Gasteiger partial charge on any atom is 0.307 e. The fourth-order valence-corrected chi connectivity index (χ4v) is 3.89. The minimum absolute atomic E-state index is 0.00567. The van der Waals surface area contributed by atoms with Crippen LogP contribution in [0, 0.1) is 6.92 Å². The van der Waals surface area contributed by atoms with Crippen molar-refractivity contribution >= 4 is 16.0 Å². The number of benzene rings is 2. The Kier molecular flexibility index (Phi) is 7.42. The molecule has 0 aliphatic heterocycles. The number of ether oxygens (including phenoxy) is 3. The van der Waals surface area contributed by atoms with E-state index in [-0.39, 0.29) is 17.9 Å². The number of esters is 1. The van der Waals surface area contributed by atoms with Gasteiger partial charge in [0.05, 0.1) is 38.2 Å². The van der Waals surface area contributed by atoms with Crippen LogP contribution in [0.5, 0.6) is 11.5 Å².